The van der Waals surface area contributed by atoms with Crippen molar-refractivity contribution in [3.63, 3.8) is 0 Å². The highest BCUT2D eigenvalue weighted by molar-refractivity contribution is 8.03. The standard InChI is InChI=1S/C27H25Cl2N3O3S/c1-27(2)11-21-25(22(33)12-27)24(15-4-7-17(35-3)8-5-15)18(13-30)26(32-21)36-14-23(34)31-20-9-6-16(28)10-19(20)29/h4-10,24,32H,11-12,14H2,1-3H3,(H,31,34). The van der Waals surface area contributed by atoms with Gasteiger partial charge in [0.05, 0.1) is 46.2 Å². The number of amides is 1. The Morgan fingerprint density at radius 2 is 1.94 bits per heavy atom. The molecule has 4 rings (SSSR count). The average Bonchev–Trinajstić information content (AvgIpc) is 2.83. The number of carbonyl (C=O) groups is 2. The Morgan fingerprint density at radius 3 is 2.58 bits per heavy atom. The molecule has 1 atom stereocenters. The van der Waals surface area contributed by atoms with Crippen LogP contribution >= 0.6 is 35.0 Å². The maximum absolute atomic E-state index is 13.3. The van der Waals surface area contributed by atoms with E-state index < -0.39 is 5.92 Å². The van der Waals surface area contributed by atoms with Crippen LogP contribution in [0.2, 0.25) is 10.0 Å². The van der Waals surface area contributed by atoms with Gasteiger partial charge in [0.2, 0.25) is 5.91 Å². The zero-order chi connectivity index (χ0) is 26.0. The third-order valence-electron chi connectivity index (χ3n) is 6.13. The number of dihydropyridines is 1. The van der Waals surface area contributed by atoms with Crippen LogP contribution in [0.3, 0.4) is 0 Å². The van der Waals surface area contributed by atoms with Gasteiger partial charge in [0.15, 0.2) is 5.78 Å². The van der Waals surface area contributed by atoms with E-state index >= 15 is 0 Å². The number of ether oxygens (including phenoxy) is 1. The number of rotatable bonds is 6. The summed E-state index contributed by atoms with van der Waals surface area (Å²) in [5.74, 6) is -0.0374. The van der Waals surface area contributed by atoms with E-state index in [1.165, 1.54) is 11.8 Å². The molecule has 1 heterocycles. The molecule has 2 N–H and O–H groups in total. The Labute approximate surface area is 224 Å². The Bertz CT molecular complexity index is 1330. The minimum atomic E-state index is -0.517. The lowest BCUT2D eigenvalue weighted by molar-refractivity contribution is -0.118. The molecule has 6 nitrogen and oxygen atoms in total. The van der Waals surface area contributed by atoms with Gasteiger partial charge in [-0.2, -0.15) is 5.26 Å². The lowest BCUT2D eigenvalue weighted by atomic mass is 9.69. The molecule has 0 aromatic heterocycles. The summed E-state index contributed by atoms with van der Waals surface area (Å²) in [5, 5.41) is 17.7. The molecule has 0 radical (unpaired) electrons. The van der Waals surface area contributed by atoms with Crippen molar-refractivity contribution >= 4 is 52.3 Å². The van der Waals surface area contributed by atoms with E-state index in [4.69, 9.17) is 27.9 Å². The first-order chi connectivity index (χ1) is 17.1. The second kappa shape index (κ2) is 10.6. The molecule has 2 aliphatic rings. The van der Waals surface area contributed by atoms with Gasteiger partial charge in [-0.25, -0.2) is 0 Å². The molecule has 0 saturated heterocycles. The minimum absolute atomic E-state index is 0.0292. The zero-order valence-corrected chi connectivity index (χ0v) is 22.4. The number of benzene rings is 2. The van der Waals surface area contributed by atoms with Crippen LogP contribution in [0.15, 0.2) is 64.3 Å². The topological polar surface area (TPSA) is 91.2 Å². The number of anilines is 1. The molecule has 9 heteroatoms. The van der Waals surface area contributed by atoms with Crippen molar-refractivity contribution in [2.45, 2.75) is 32.6 Å². The van der Waals surface area contributed by atoms with E-state index in [0.29, 0.717) is 50.5 Å². The van der Waals surface area contributed by atoms with Crippen molar-refractivity contribution in [3.05, 3.63) is 79.9 Å². The summed E-state index contributed by atoms with van der Waals surface area (Å²) >= 11 is 13.3. The molecule has 36 heavy (non-hydrogen) atoms. The van der Waals surface area contributed by atoms with Crippen LogP contribution < -0.4 is 15.4 Å². The fraction of sp³-hybridized carbons (Fsp3) is 0.296. The van der Waals surface area contributed by atoms with Gasteiger partial charge in [0.1, 0.15) is 5.75 Å². The summed E-state index contributed by atoms with van der Waals surface area (Å²) in [5.41, 5.74) is 2.91. The van der Waals surface area contributed by atoms with Crippen LogP contribution in [0.5, 0.6) is 5.75 Å². The Hall–Kier alpha value is -2.92. The predicted molar refractivity (Wildman–Crippen MR) is 144 cm³/mol. The van der Waals surface area contributed by atoms with E-state index in [9.17, 15) is 14.9 Å². The summed E-state index contributed by atoms with van der Waals surface area (Å²) in [4.78, 5) is 26.0. The number of allylic oxidation sites excluding steroid dienone is 3. The Balaban J connectivity index is 1.65. The summed E-state index contributed by atoms with van der Waals surface area (Å²) in [7, 11) is 1.59. The van der Waals surface area contributed by atoms with Crippen LogP contribution in [0.4, 0.5) is 5.69 Å². The summed E-state index contributed by atoms with van der Waals surface area (Å²) in [6, 6.07) is 14.5. The average molecular weight is 542 g/mol. The fourth-order valence-electron chi connectivity index (χ4n) is 4.53. The van der Waals surface area contributed by atoms with Gasteiger partial charge in [-0.15, -0.1) is 0 Å². The van der Waals surface area contributed by atoms with Crippen LogP contribution in [0.1, 0.15) is 38.2 Å². The quantitative estimate of drug-likeness (QED) is 0.437. The lowest BCUT2D eigenvalue weighted by Gasteiger charge is -2.39. The molecular weight excluding hydrogens is 517 g/mol. The SMILES string of the molecule is COc1ccc(C2C(C#N)=C(SCC(=O)Nc3ccc(Cl)cc3Cl)NC3=C2C(=O)CC(C)(C)C3)cc1. The first-order valence-corrected chi connectivity index (χ1v) is 13.0. The van der Waals surface area contributed by atoms with Crippen LogP contribution in [0, 0.1) is 16.7 Å². The van der Waals surface area contributed by atoms with Gasteiger partial charge in [0.25, 0.3) is 0 Å². The fourth-order valence-corrected chi connectivity index (χ4v) is 5.85. The van der Waals surface area contributed by atoms with E-state index in [1.807, 2.05) is 24.3 Å². The van der Waals surface area contributed by atoms with E-state index in [1.54, 1.807) is 25.3 Å². The van der Waals surface area contributed by atoms with Crippen LogP contribution in [-0.4, -0.2) is 24.6 Å². The number of ketones is 1. The number of nitriles is 1. The molecule has 0 spiro atoms. The number of thioether (sulfide) groups is 1. The molecule has 0 fully saturated rings. The monoisotopic (exact) mass is 541 g/mol. The zero-order valence-electron chi connectivity index (χ0n) is 20.1. The van der Waals surface area contributed by atoms with Crippen molar-refractivity contribution in [1.82, 2.24) is 5.32 Å². The van der Waals surface area contributed by atoms with Crippen molar-refractivity contribution in [1.29, 1.82) is 5.26 Å². The first kappa shape index (κ1) is 26.2. The first-order valence-electron chi connectivity index (χ1n) is 11.3. The van der Waals surface area contributed by atoms with Crippen molar-refractivity contribution in [2.75, 3.05) is 18.2 Å². The molecule has 1 aliphatic carbocycles. The smallest absolute Gasteiger partial charge is 0.234 e. The number of methoxy groups -OCH3 is 1. The van der Waals surface area contributed by atoms with Gasteiger partial charge in [-0.1, -0.05) is 60.9 Å². The summed E-state index contributed by atoms with van der Waals surface area (Å²) in [6.07, 6.45) is 1.07. The molecular formula is C27H25Cl2N3O3S. The maximum Gasteiger partial charge on any atom is 0.234 e. The summed E-state index contributed by atoms with van der Waals surface area (Å²) < 4.78 is 5.28. The molecule has 0 saturated carbocycles. The Morgan fingerprint density at radius 1 is 1.22 bits per heavy atom. The van der Waals surface area contributed by atoms with Crippen molar-refractivity contribution in [3.8, 4) is 11.8 Å². The van der Waals surface area contributed by atoms with Crippen LogP contribution in [-0.2, 0) is 9.59 Å². The highest BCUT2D eigenvalue weighted by Crippen LogP contribution is 2.48. The van der Waals surface area contributed by atoms with E-state index in [2.05, 4.69) is 30.6 Å². The van der Waals surface area contributed by atoms with Gasteiger partial charge < -0.3 is 15.4 Å². The molecule has 186 valence electrons. The van der Waals surface area contributed by atoms with Crippen molar-refractivity contribution in [2.24, 2.45) is 5.41 Å². The predicted octanol–water partition coefficient (Wildman–Crippen LogP) is 6.44. The number of nitrogens with one attached hydrogen (secondary N) is 2. The second-order valence-corrected chi connectivity index (χ2v) is 11.3. The number of Topliss-reactive ketones (excluding diaryl/α,β-unsaturated/α-hetero) is 1. The van der Waals surface area contributed by atoms with Crippen molar-refractivity contribution < 1.29 is 14.3 Å². The number of hydrogen-bond acceptors (Lipinski definition) is 6. The van der Waals surface area contributed by atoms with Gasteiger partial charge in [0, 0.05) is 22.7 Å². The van der Waals surface area contributed by atoms with Crippen LogP contribution in [0.25, 0.3) is 0 Å². The maximum atomic E-state index is 13.3. The molecule has 0 bridgehead atoms. The van der Waals surface area contributed by atoms with E-state index in [0.717, 1.165) is 11.3 Å². The normalized spacial score (nSPS) is 18.8. The third kappa shape index (κ3) is 5.57. The second-order valence-electron chi connectivity index (χ2n) is 9.48. The number of carbonyl (C=O) groups excluding carboxylic acids is 2. The molecule has 1 unspecified atom stereocenters. The largest absolute Gasteiger partial charge is 0.497 e. The molecule has 1 aliphatic heterocycles. The number of halogens is 2. The van der Waals surface area contributed by atoms with E-state index in [-0.39, 0.29) is 22.9 Å². The highest BCUT2D eigenvalue weighted by Gasteiger charge is 2.42. The van der Waals surface area contributed by atoms with Gasteiger partial charge >= 0.3 is 0 Å². The lowest BCUT2D eigenvalue weighted by Crippen LogP contribution is -2.37. The number of nitrogens with zero attached hydrogens (tertiary/aromatic N) is 1. The highest BCUT2D eigenvalue weighted by atomic mass is 35.5. The Kier molecular flexibility index (Phi) is 7.70. The molecule has 2 aromatic carbocycles. The third-order valence-corrected chi connectivity index (χ3v) is 7.69. The number of hydrogen-bond donors (Lipinski definition) is 2. The molecule has 1 amide bonds. The van der Waals surface area contributed by atoms with Gasteiger partial charge in [-0.3, -0.25) is 9.59 Å². The summed E-state index contributed by atoms with van der Waals surface area (Å²) in [6.45, 7) is 4.11. The minimum Gasteiger partial charge on any atom is -0.497 e. The van der Waals surface area contributed by atoms with Gasteiger partial charge in [-0.05, 0) is 47.7 Å². The molecule has 2 aromatic rings.